The predicted octanol–water partition coefficient (Wildman–Crippen LogP) is 1.60. The number of hydrogen-bond acceptors (Lipinski definition) is 2. The van der Waals surface area contributed by atoms with Gasteiger partial charge in [0.15, 0.2) is 0 Å². The van der Waals surface area contributed by atoms with Crippen LogP contribution in [0.4, 0.5) is 0 Å². The van der Waals surface area contributed by atoms with Gasteiger partial charge in [-0.15, -0.1) is 0 Å². The van der Waals surface area contributed by atoms with E-state index in [1.54, 1.807) is 0 Å². The molecule has 0 bridgehead atoms. The predicted molar refractivity (Wildman–Crippen MR) is 62.7 cm³/mol. The Balaban J connectivity index is 2.55. The SMILES string of the molecule is C=C(C)CNC(=O)C1(CCC)CCCN1. The molecule has 0 spiro atoms. The zero-order chi connectivity index (χ0) is 11.3. The maximum Gasteiger partial charge on any atom is 0.240 e. The molecule has 1 aliphatic rings. The van der Waals surface area contributed by atoms with Crippen LogP contribution in [0.1, 0.15) is 39.5 Å². The average molecular weight is 210 g/mol. The lowest BCUT2D eigenvalue weighted by Crippen LogP contribution is -2.53. The van der Waals surface area contributed by atoms with E-state index in [0.29, 0.717) is 6.54 Å². The molecular weight excluding hydrogens is 188 g/mol. The van der Waals surface area contributed by atoms with E-state index in [0.717, 1.165) is 37.8 Å². The van der Waals surface area contributed by atoms with Gasteiger partial charge in [0, 0.05) is 6.54 Å². The second-order valence-corrected chi connectivity index (χ2v) is 4.50. The lowest BCUT2D eigenvalue weighted by molar-refractivity contribution is -0.127. The Morgan fingerprint density at radius 2 is 2.33 bits per heavy atom. The fourth-order valence-electron chi connectivity index (χ4n) is 2.15. The van der Waals surface area contributed by atoms with Crippen molar-refractivity contribution in [1.29, 1.82) is 0 Å². The van der Waals surface area contributed by atoms with Gasteiger partial charge < -0.3 is 10.6 Å². The highest BCUT2D eigenvalue weighted by Crippen LogP contribution is 2.24. The van der Waals surface area contributed by atoms with Crippen LogP contribution in [-0.4, -0.2) is 24.5 Å². The molecule has 2 N–H and O–H groups in total. The van der Waals surface area contributed by atoms with Crippen molar-refractivity contribution in [2.24, 2.45) is 0 Å². The molecule has 1 saturated heterocycles. The number of carbonyl (C=O) groups excluding carboxylic acids is 1. The summed E-state index contributed by atoms with van der Waals surface area (Å²) in [6.07, 6.45) is 4.02. The van der Waals surface area contributed by atoms with Crippen LogP contribution in [-0.2, 0) is 4.79 Å². The van der Waals surface area contributed by atoms with Crippen LogP contribution >= 0.6 is 0 Å². The molecule has 0 aliphatic carbocycles. The molecule has 1 heterocycles. The normalized spacial score (nSPS) is 25.2. The van der Waals surface area contributed by atoms with Crippen molar-refractivity contribution >= 4 is 5.91 Å². The summed E-state index contributed by atoms with van der Waals surface area (Å²) < 4.78 is 0. The third-order valence-electron chi connectivity index (χ3n) is 2.91. The Kier molecular flexibility index (Phi) is 4.33. The van der Waals surface area contributed by atoms with Crippen LogP contribution in [0.3, 0.4) is 0 Å². The van der Waals surface area contributed by atoms with Crippen molar-refractivity contribution in [2.45, 2.75) is 45.1 Å². The number of hydrogen-bond donors (Lipinski definition) is 2. The minimum absolute atomic E-state index is 0.143. The van der Waals surface area contributed by atoms with Crippen LogP contribution in [0.5, 0.6) is 0 Å². The van der Waals surface area contributed by atoms with Crippen LogP contribution < -0.4 is 10.6 Å². The topological polar surface area (TPSA) is 41.1 Å². The molecule has 0 saturated carbocycles. The largest absolute Gasteiger partial charge is 0.351 e. The monoisotopic (exact) mass is 210 g/mol. The molecule has 0 aromatic carbocycles. The molecule has 3 heteroatoms. The third-order valence-corrected chi connectivity index (χ3v) is 2.91. The van der Waals surface area contributed by atoms with Crippen molar-refractivity contribution in [1.82, 2.24) is 10.6 Å². The van der Waals surface area contributed by atoms with Crippen LogP contribution in [0, 0.1) is 0 Å². The lowest BCUT2D eigenvalue weighted by atomic mass is 9.91. The summed E-state index contributed by atoms with van der Waals surface area (Å²) >= 11 is 0. The van der Waals surface area contributed by atoms with Crippen molar-refractivity contribution in [3.05, 3.63) is 12.2 Å². The van der Waals surface area contributed by atoms with Gasteiger partial charge in [0.25, 0.3) is 0 Å². The molecule has 0 aromatic rings. The van der Waals surface area contributed by atoms with E-state index in [2.05, 4.69) is 24.1 Å². The quantitative estimate of drug-likeness (QED) is 0.677. The molecule has 3 nitrogen and oxygen atoms in total. The van der Waals surface area contributed by atoms with E-state index in [4.69, 9.17) is 0 Å². The van der Waals surface area contributed by atoms with Crippen LogP contribution in [0.2, 0.25) is 0 Å². The van der Waals surface area contributed by atoms with E-state index in [1.807, 2.05) is 6.92 Å². The van der Waals surface area contributed by atoms with Gasteiger partial charge >= 0.3 is 0 Å². The van der Waals surface area contributed by atoms with E-state index in [-0.39, 0.29) is 11.4 Å². The van der Waals surface area contributed by atoms with E-state index in [1.165, 1.54) is 0 Å². The minimum Gasteiger partial charge on any atom is -0.351 e. The molecule has 86 valence electrons. The van der Waals surface area contributed by atoms with Crippen LogP contribution in [0.25, 0.3) is 0 Å². The molecule has 1 fully saturated rings. The Labute approximate surface area is 92.3 Å². The third kappa shape index (κ3) is 3.06. The Morgan fingerprint density at radius 3 is 2.80 bits per heavy atom. The molecule has 0 radical (unpaired) electrons. The number of carbonyl (C=O) groups is 1. The number of amides is 1. The minimum atomic E-state index is -0.301. The van der Waals surface area contributed by atoms with E-state index < -0.39 is 0 Å². The first-order valence-electron chi connectivity index (χ1n) is 5.78. The zero-order valence-electron chi connectivity index (χ0n) is 9.86. The Bertz CT molecular complexity index is 242. The van der Waals surface area contributed by atoms with Crippen molar-refractivity contribution < 1.29 is 4.79 Å². The summed E-state index contributed by atoms with van der Waals surface area (Å²) in [4.78, 5) is 12.0. The molecule has 15 heavy (non-hydrogen) atoms. The summed E-state index contributed by atoms with van der Waals surface area (Å²) in [5.41, 5.74) is 0.692. The first kappa shape index (κ1) is 12.2. The van der Waals surface area contributed by atoms with Gasteiger partial charge in [-0.05, 0) is 32.7 Å². The van der Waals surface area contributed by atoms with Gasteiger partial charge in [-0.25, -0.2) is 0 Å². The molecular formula is C12H22N2O. The molecule has 1 amide bonds. The maximum absolute atomic E-state index is 12.0. The number of rotatable bonds is 5. The summed E-state index contributed by atoms with van der Waals surface area (Å²) in [5.74, 6) is 0.143. The fraction of sp³-hybridized carbons (Fsp3) is 0.750. The van der Waals surface area contributed by atoms with Gasteiger partial charge in [0.2, 0.25) is 5.91 Å². The highest BCUT2D eigenvalue weighted by atomic mass is 16.2. The zero-order valence-corrected chi connectivity index (χ0v) is 9.86. The summed E-state index contributed by atoms with van der Waals surface area (Å²) in [5, 5.41) is 6.30. The van der Waals surface area contributed by atoms with E-state index >= 15 is 0 Å². The van der Waals surface area contributed by atoms with Crippen molar-refractivity contribution in [2.75, 3.05) is 13.1 Å². The lowest BCUT2D eigenvalue weighted by Gasteiger charge is -2.27. The first-order valence-corrected chi connectivity index (χ1v) is 5.78. The van der Waals surface area contributed by atoms with Gasteiger partial charge in [-0.1, -0.05) is 25.5 Å². The maximum atomic E-state index is 12.0. The van der Waals surface area contributed by atoms with Crippen LogP contribution in [0.15, 0.2) is 12.2 Å². The van der Waals surface area contributed by atoms with Crippen molar-refractivity contribution in [3.63, 3.8) is 0 Å². The van der Waals surface area contributed by atoms with Gasteiger partial charge in [-0.2, -0.15) is 0 Å². The van der Waals surface area contributed by atoms with Crippen molar-refractivity contribution in [3.8, 4) is 0 Å². The first-order chi connectivity index (χ1) is 7.10. The summed E-state index contributed by atoms with van der Waals surface area (Å²) in [6.45, 7) is 9.38. The average Bonchev–Trinajstić information content (AvgIpc) is 2.64. The van der Waals surface area contributed by atoms with Gasteiger partial charge in [-0.3, -0.25) is 4.79 Å². The number of nitrogens with one attached hydrogen (secondary N) is 2. The van der Waals surface area contributed by atoms with Gasteiger partial charge in [0.05, 0.1) is 5.54 Å². The van der Waals surface area contributed by atoms with E-state index in [9.17, 15) is 4.79 Å². The Hall–Kier alpha value is -0.830. The standard InChI is InChI=1S/C12H22N2O/c1-4-6-12(7-5-8-14-12)11(15)13-9-10(2)3/h14H,2,4-9H2,1,3H3,(H,13,15). The highest BCUT2D eigenvalue weighted by Gasteiger charge is 2.39. The fourth-order valence-corrected chi connectivity index (χ4v) is 2.15. The smallest absolute Gasteiger partial charge is 0.240 e. The molecule has 1 rings (SSSR count). The molecule has 1 unspecified atom stereocenters. The highest BCUT2D eigenvalue weighted by molar-refractivity contribution is 5.86. The molecule has 1 aliphatic heterocycles. The second-order valence-electron chi connectivity index (χ2n) is 4.50. The molecule has 0 aromatic heterocycles. The summed E-state index contributed by atoms with van der Waals surface area (Å²) in [6, 6.07) is 0. The molecule has 1 atom stereocenters. The second kappa shape index (κ2) is 5.31. The van der Waals surface area contributed by atoms with Gasteiger partial charge in [0.1, 0.15) is 0 Å². The summed E-state index contributed by atoms with van der Waals surface area (Å²) in [7, 11) is 0. The Morgan fingerprint density at radius 1 is 1.60 bits per heavy atom.